The third-order valence-electron chi connectivity index (χ3n) is 6.10. The zero-order valence-corrected chi connectivity index (χ0v) is 19.8. The number of carbonyl (C=O) groups excluding carboxylic acids is 1. The molecule has 0 spiro atoms. The maximum atomic E-state index is 13.3. The first-order valence-corrected chi connectivity index (χ1v) is 11.6. The fraction of sp³-hybridized carbons (Fsp3) is 0.125. The van der Waals surface area contributed by atoms with Crippen LogP contribution in [-0.4, -0.2) is 45.8 Å². The van der Waals surface area contributed by atoms with E-state index in [1.807, 2.05) is 0 Å². The van der Waals surface area contributed by atoms with Gasteiger partial charge in [0.1, 0.15) is 23.7 Å². The maximum Gasteiger partial charge on any atom is 0.409 e. The SMILES string of the molecule is NC(=O)Oc1ccc(-c2cnc([C@@H]3CCc4nc(-c5cc(Cl)ccc5-n5cnnn5)cc(=O)n43)[nH]2)cc1. The van der Waals surface area contributed by atoms with E-state index >= 15 is 0 Å². The summed E-state index contributed by atoms with van der Waals surface area (Å²) in [7, 11) is 0. The van der Waals surface area contributed by atoms with Crippen molar-refractivity contribution in [1.82, 2.24) is 39.7 Å². The van der Waals surface area contributed by atoms with E-state index in [0.29, 0.717) is 52.2 Å². The summed E-state index contributed by atoms with van der Waals surface area (Å²) in [6, 6.07) is 13.3. The number of nitrogens with two attached hydrogens (primary N) is 1. The average molecular weight is 516 g/mol. The van der Waals surface area contributed by atoms with Crippen LogP contribution >= 0.6 is 11.6 Å². The van der Waals surface area contributed by atoms with Crippen LogP contribution in [0.3, 0.4) is 0 Å². The summed E-state index contributed by atoms with van der Waals surface area (Å²) in [5, 5.41) is 11.8. The number of benzene rings is 2. The molecule has 1 atom stereocenters. The molecule has 2 aromatic carbocycles. The summed E-state index contributed by atoms with van der Waals surface area (Å²) in [4.78, 5) is 36.9. The van der Waals surface area contributed by atoms with Gasteiger partial charge in [-0.05, 0) is 64.9 Å². The first kappa shape index (κ1) is 22.6. The molecule has 0 radical (unpaired) electrons. The monoisotopic (exact) mass is 515 g/mol. The number of halogens is 1. The van der Waals surface area contributed by atoms with Gasteiger partial charge in [-0.15, -0.1) is 5.10 Å². The number of carbonyl (C=O) groups is 1. The van der Waals surface area contributed by atoms with Crippen LogP contribution < -0.4 is 16.0 Å². The number of hydrogen-bond donors (Lipinski definition) is 2. The lowest BCUT2D eigenvalue weighted by Gasteiger charge is -2.14. The molecular formula is C24H18ClN9O3. The lowest BCUT2D eigenvalue weighted by molar-refractivity contribution is 0.211. The number of ether oxygens (including phenoxy) is 1. The first-order chi connectivity index (χ1) is 18.0. The van der Waals surface area contributed by atoms with Gasteiger partial charge >= 0.3 is 6.09 Å². The maximum absolute atomic E-state index is 13.3. The third kappa shape index (κ3) is 4.23. The van der Waals surface area contributed by atoms with Gasteiger partial charge in [-0.2, -0.15) is 4.68 Å². The van der Waals surface area contributed by atoms with Crippen molar-refractivity contribution in [1.29, 1.82) is 0 Å². The number of rotatable bonds is 5. The van der Waals surface area contributed by atoms with Crippen LogP contribution in [0.2, 0.25) is 5.02 Å². The van der Waals surface area contributed by atoms with Crippen LogP contribution in [0.1, 0.15) is 24.1 Å². The van der Waals surface area contributed by atoms with Gasteiger partial charge in [0.25, 0.3) is 5.56 Å². The number of nitrogens with one attached hydrogen (secondary N) is 1. The van der Waals surface area contributed by atoms with E-state index in [0.717, 1.165) is 11.3 Å². The van der Waals surface area contributed by atoms with Crippen LogP contribution in [0, 0.1) is 0 Å². The van der Waals surface area contributed by atoms with Crippen molar-refractivity contribution in [3.63, 3.8) is 0 Å². The van der Waals surface area contributed by atoms with Gasteiger partial charge < -0.3 is 15.5 Å². The largest absolute Gasteiger partial charge is 0.411 e. The van der Waals surface area contributed by atoms with Crippen molar-refractivity contribution >= 4 is 17.7 Å². The topological polar surface area (TPSA) is 159 Å². The molecule has 4 heterocycles. The molecule has 12 nitrogen and oxygen atoms in total. The fourth-order valence-electron chi connectivity index (χ4n) is 4.50. The number of aryl methyl sites for hydroxylation is 1. The molecule has 1 aliphatic heterocycles. The van der Waals surface area contributed by atoms with E-state index in [1.54, 1.807) is 53.2 Å². The van der Waals surface area contributed by atoms with Crippen molar-refractivity contribution in [2.45, 2.75) is 18.9 Å². The van der Waals surface area contributed by atoms with Crippen LogP contribution in [0.15, 0.2) is 65.8 Å². The Morgan fingerprint density at radius 3 is 2.76 bits per heavy atom. The van der Waals surface area contributed by atoms with Gasteiger partial charge in [0.05, 0.1) is 29.3 Å². The first-order valence-electron chi connectivity index (χ1n) is 11.2. The Labute approximate surface area is 213 Å². The minimum atomic E-state index is -0.874. The zero-order valence-electron chi connectivity index (χ0n) is 19.1. The van der Waals surface area contributed by atoms with Crippen molar-refractivity contribution in [2.75, 3.05) is 0 Å². The van der Waals surface area contributed by atoms with Crippen LogP contribution in [0.5, 0.6) is 5.75 Å². The molecule has 3 N–H and O–H groups in total. The zero-order chi connectivity index (χ0) is 25.5. The number of aromatic amines is 1. The highest BCUT2D eigenvalue weighted by Gasteiger charge is 2.29. The van der Waals surface area contributed by atoms with E-state index < -0.39 is 6.09 Å². The smallest absolute Gasteiger partial charge is 0.409 e. The molecule has 1 amide bonds. The van der Waals surface area contributed by atoms with Crippen molar-refractivity contribution in [3.05, 3.63) is 88.1 Å². The normalized spacial score (nSPS) is 14.5. The van der Waals surface area contributed by atoms with Gasteiger partial charge in [-0.3, -0.25) is 9.36 Å². The summed E-state index contributed by atoms with van der Waals surface area (Å²) in [5.41, 5.74) is 8.24. The lowest BCUT2D eigenvalue weighted by Crippen LogP contribution is -2.25. The second-order valence-corrected chi connectivity index (χ2v) is 8.80. The number of amides is 1. The van der Waals surface area contributed by atoms with Gasteiger partial charge in [0, 0.05) is 23.1 Å². The number of nitrogens with zero attached hydrogens (tertiary/aromatic N) is 7. The molecule has 0 saturated heterocycles. The quantitative estimate of drug-likeness (QED) is 0.361. The Hall–Kier alpha value is -4.84. The number of H-pyrrole nitrogens is 1. The molecule has 0 saturated carbocycles. The van der Waals surface area contributed by atoms with Crippen molar-refractivity contribution in [2.24, 2.45) is 5.73 Å². The number of primary amides is 1. The highest BCUT2D eigenvalue weighted by Crippen LogP contribution is 2.32. The van der Waals surface area contributed by atoms with E-state index in [9.17, 15) is 9.59 Å². The molecule has 3 aromatic heterocycles. The Bertz CT molecular complexity index is 1680. The van der Waals surface area contributed by atoms with E-state index in [2.05, 4.69) is 25.5 Å². The molecule has 6 rings (SSSR count). The fourth-order valence-corrected chi connectivity index (χ4v) is 4.67. The summed E-state index contributed by atoms with van der Waals surface area (Å²) in [6.45, 7) is 0. The Balaban J connectivity index is 1.32. The van der Waals surface area contributed by atoms with E-state index in [-0.39, 0.29) is 11.6 Å². The average Bonchev–Trinajstić information content (AvgIpc) is 3.65. The Kier molecular flexibility index (Phi) is 5.49. The number of tetrazole rings is 1. The number of hydrogen-bond acceptors (Lipinski definition) is 8. The van der Waals surface area contributed by atoms with Gasteiger partial charge in [0.15, 0.2) is 0 Å². The summed E-state index contributed by atoms with van der Waals surface area (Å²) in [5.74, 6) is 1.65. The minimum absolute atomic E-state index is 0.198. The molecule has 1 aliphatic rings. The van der Waals surface area contributed by atoms with Crippen molar-refractivity contribution < 1.29 is 9.53 Å². The van der Waals surface area contributed by atoms with Gasteiger partial charge in [-0.25, -0.2) is 14.8 Å². The predicted octanol–water partition coefficient (Wildman–Crippen LogP) is 2.92. The molecule has 0 bridgehead atoms. The van der Waals surface area contributed by atoms with Gasteiger partial charge in [-0.1, -0.05) is 11.6 Å². The molecule has 184 valence electrons. The van der Waals surface area contributed by atoms with Gasteiger partial charge in [0.2, 0.25) is 0 Å². The molecule has 13 heteroatoms. The molecule has 0 unspecified atom stereocenters. The lowest BCUT2D eigenvalue weighted by atomic mass is 10.1. The highest BCUT2D eigenvalue weighted by molar-refractivity contribution is 6.31. The predicted molar refractivity (Wildman–Crippen MR) is 132 cm³/mol. The summed E-state index contributed by atoms with van der Waals surface area (Å²) < 4.78 is 8.03. The number of imidazole rings is 1. The second kappa shape index (κ2) is 8.99. The van der Waals surface area contributed by atoms with Crippen LogP contribution in [0.25, 0.3) is 28.2 Å². The molecular weight excluding hydrogens is 498 g/mol. The molecule has 37 heavy (non-hydrogen) atoms. The standard InChI is InChI=1S/C24H18ClN9O3/c25-14-3-6-19(33-12-28-31-32-33)16(9-14)17-10-22(35)34-20(7-8-21(34)29-17)23-27-11-18(30-23)13-1-4-15(5-2-13)37-24(26)36/h1-6,9-12,20H,7-8H2,(H2,26,36)(H,27,30)/t20-/m0/s1. The highest BCUT2D eigenvalue weighted by atomic mass is 35.5. The molecule has 5 aromatic rings. The second-order valence-electron chi connectivity index (χ2n) is 8.36. The third-order valence-corrected chi connectivity index (χ3v) is 6.34. The number of fused-ring (bicyclic) bond motifs is 1. The van der Waals surface area contributed by atoms with Crippen molar-refractivity contribution in [3.8, 4) is 34.0 Å². The van der Waals surface area contributed by atoms with E-state index in [4.69, 9.17) is 27.1 Å². The minimum Gasteiger partial charge on any atom is -0.411 e. The Morgan fingerprint density at radius 1 is 1.16 bits per heavy atom. The summed E-state index contributed by atoms with van der Waals surface area (Å²) in [6.07, 6.45) is 3.56. The van der Waals surface area contributed by atoms with Crippen LogP contribution in [0.4, 0.5) is 4.79 Å². The summed E-state index contributed by atoms with van der Waals surface area (Å²) >= 11 is 6.26. The Morgan fingerprint density at radius 2 is 2.00 bits per heavy atom. The van der Waals surface area contributed by atoms with Crippen LogP contribution in [-0.2, 0) is 6.42 Å². The number of aromatic nitrogens is 8. The molecule has 0 fully saturated rings. The molecule has 0 aliphatic carbocycles. The van der Waals surface area contributed by atoms with E-state index in [1.165, 1.54) is 17.1 Å².